The van der Waals surface area contributed by atoms with E-state index in [1.807, 2.05) is 0 Å². The Morgan fingerprint density at radius 3 is 2.35 bits per heavy atom. The van der Waals surface area contributed by atoms with Gasteiger partial charge in [-0.25, -0.2) is 8.42 Å². The molecule has 0 amide bonds. The Morgan fingerprint density at radius 2 is 1.75 bits per heavy atom. The third-order valence-corrected chi connectivity index (χ3v) is 7.08. The van der Waals surface area contributed by atoms with Crippen LogP contribution in [0.15, 0.2) is 0 Å². The van der Waals surface area contributed by atoms with Crippen molar-refractivity contribution in [3.8, 4) is 0 Å². The fourth-order valence-corrected chi connectivity index (χ4v) is 5.66. The molecule has 1 aliphatic heterocycles. The SMILES string of the molecule is CCNC(CS(=O)(=O)C1CCOCC1)C1CCCCC1. The summed E-state index contributed by atoms with van der Waals surface area (Å²) in [6.45, 7) is 4.11. The minimum Gasteiger partial charge on any atom is -0.381 e. The smallest absolute Gasteiger partial charge is 0.154 e. The third kappa shape index (κ3) is 4.43. The van der Waals surface area contributed by atoms with Crippen molar-refractivity contribution < 1.29 is 13.2 Å². The summed E-state index contributed by atoms with van der Waals surface area (Å²) in [5.74, 6) is 0.856. The Morgan fingerprint density at radius 1 is 1.10 bits per heavy atom. The summed E-state index contributed by atoms with van der Waals surface area (Å²) in [7, 11) is -3.00. The first-order valence-corrected chi connectivity index (χ1v) is 9.87. The van der Waals surface area contributed by atoms with E-state index in [-0.39, 0.29) is 11.3 Å². The first-order chi connectivity index (χ1) is 9.63. The second-order valence-corrected chi connectivity index (χ2v) is 8.53. The van der Waals surface area contributed by atoms with Crippen molar-refractivity contribution in [1.82, 2.24) is 5.32 Å². The highest BCUT2D eigenvalue weighted by Crippen LogP contribution is 2.28. The second-order valence-electron chi connectivity index (χ2n) is 6.20. The molecule has 2 aliphatic rings. The molecule has 0 spiro atoms. The van der Waals surface area contributed by atoms with Crippen LogP contribution in [0, 0.1) is 5.92 Å². The summed E-state index contributed by atoms with van der Waals surface area (Å²) in [4.78, 5) is 0. The van der Waals surface area contributed by atoms with E-state index in [1.165, 1.54) is 32.1 Å². The molecular weight excluding hydrogens is 274 g/mol. The molecule has 1 N–H and O–H groups in total. The number of nitrogens with one attached hydrogen (secondary N) is 1. The molecule has 0 aromatic carbocycles. The first kappa shape index (κ1) is 16.2. The lowest BCUT2D eigenvalue weighted by Gasteiger charge is -2.32. The largest absolute Gasteiger partial charge is 0.381 e. The molecule has 1 heterocycles. The Balaban J connectivity index is 1.98. The normalized spacial score (nSPS) is 24.6. The van der Waals surface area contributed by atoms with Gasteiger partial charge in [0, 0.05) is 19.3 Å². The second kappa shape index (κ2) is 7.76. The van der Waals surface area contributed by atoms with Gasteiger partial charge < -0.3 is 10.1 Å². The summed E-state index contributed by atoms with van der Waals surface area (Å²) >= 11 is 0. The Bertz CT molecular complexity index is 371. The molecule has 1 saturated heterocycles. The van der Waals surface area contributed by atoms with Crippen LogP contribution in [0.4, 0.5) is 0 Å². The average molecular weight is 303 g/mol. The highest BCUT2D eigenvalue weighted by Gasteiger charge is 2.33. The Hall–Kier alpha value is -0.130. The van der Waals surface area contributed by atoms with E-state index >= 15 is 0 Å². The molecule has 0 bridgehead atoms. The van der Waals surface area contributed by atoms with Crippen molar-refractivity contribution >= 4 is 9.84 Å². The molecule has 0 radical (unpaired) electrons. The standard InChI is InChI=1S/C15H29NO3S/c1-2-16-15(13-6-4-3-5-7-13)12-20(17,18)14-8-10-19-11-9-14/h13-16H,2-12H2,1H3. The predicted octanol–water partition coefficient (Wildman–Crippen LogP) is 2.14. The van der Waals surface area contributed by atoms with Gasteiger partial charge >= 0.3 is 0 Å². The number of ether oxygens (including phenoxy) is 1. The minimum atomic E-state index is -3.00. The van der Waals surface area contributed by atoms with Crippen molar-refractivity contribution in [2.75, 3.05) is 25.5 Å². The van der Waals surface area contributed by atoms with Gasteiger partial charge in [-0.05, 0) is 38.1 Å². The molecule has 2 rings (SSSR count). The lowest BCUT2D eigenvalue weighted by Crippen LogP contribution is -2.45. The van der Waals surface area contributed by atoms with Gasteiger partial charge in [0.25, 0.3) is 0 Å². The maximum Gasteiger partial charge on any atom is 0.154 e. The van der Waals surface area contributed by atoms with Crippen LogP contribution in [0.25, 0.3) is 0 Å². The number of rotatable bonds is 6. The quantitative estimate of drug-likeness (QED) is 0.817. The molecule has 1 atom stereocenters. The van der Waals surface area contributed by atoms with Crippen LogP contribution < -0.4 is 5.32 Å². The van der Waals surface area contributed by atoms with E-state index in [0.717, 1.165) is 6.54 Å². The fraction of sp³-hybridized carbons (Fsp3) is 1.00. The molecule has 0 aromatic heterocycles. The first-order valence-electron chi connectivity index (χ1n) is 8.16. The highest BCUT2D eigenvalue weighted by atomic mass is 32.2. The van der Waals surface area contributed by atoms with Crippen LogP contribution >= 0.6 is 0 Å². The molecule has 1 saturated carbocycles. The van der Waals surface area contributed by atoms with Gasteiger partial charge in [0.05, 0.1) is 11.0 Å². The number of hydrogen-bond donors (Lipinski definition) is 1. The summed E-state index contributed by atoms with van der Waals surface area (Å²) in [6, 6.07) is 0.146. The molecule has 5 heteroatoms. The molecule has 118 valence electrons. The molecule has 2 fully saturated rings. The van der Waals surface area contributed by atoms with Crippen LogP contribution in [-0.2, 0) is 14.6 Å². The number of hydrogen-bond acceptors (Lipinski definition) is 4. The van der Waals surface area contributed by atoms with Crippen LogP contribution in [0.1, 0.15) is 51.9 Å². The van der Waals surface area contributed by atoms with Crippen LogP contribution in [0.5, 0.6) is 0 Å². The lowest BCUT2D eigenvalue weighted by atomic mass is 9.84. The molecule has 0 aromatic rings. The average Bonchev–Trinajstić information content (AvgIpc) is 2.48. The Labute approximate surface area is 123 Å². The van der Waals surface area contributed by atoms with Crippen LogP contribution in [0.3, 0.4) is 0 Å². The van der Waals surface area contributed by atoms with Crippen LogP contribution in [0.2, 0.25) is 0 Å². The van der Waals surface area contributed by atoms with Gasteiger partial charge in [-0.3, -0.25) is 0 Å². The molecule has 1 unspecified atom stereocenters. The molecule has 1 aliphatic carbocycles. The summed E-state index contributed by atoms with van der Waals surface area (Å²) < 4.78 is 30.5. The van der Waals surface area contributed by atoms with Gasteiger partial charge in [0.1, 0.15) is 0 Å². The topological polar surface area (TPSA) is 55.4 Å². The number of sulfone groups is 1. The molecule has 4 nitrogen and oxygen atoms in total. The van der Waals surface area contributed by atoms with E-state index in [1.54, 1.807) is 0 Å². The van der Waals surface area contributed by atoms with Crippen molar-refractivity contribution in [3.05, 3.63) is 0 Å². The van der Waals surface area contributed by atoms with E-state index < -0.39 is 9.84 Å². The maximum atomic E-state index is 12.6. The minimum absolute atomic E-state index is 0.146. The Kier molecular flexibility index (Phi) is 6.30. The molecular formula is C15H29NO3S. The van der Waals surface area contributed by atoms with Crippen molar-refractivity contribution in [2.45, 2.75) is 63.2 Å². The summed E-state index contributed by atoms with van der Waals surface area (Å²) in [5, 5.41) is 3.26. The van der Waals surface area contributed by atoms with E-state index in [0.29, 0.717) is 37.7 Å². The monoisotopic (exact) mass is 303 g/mol. The van der Waals surface area contributed by atoms with Gasteiger partial charge in [-0.15, -0.1) is 0 Å². The van der Waals surface area contributed by atoms with Gasteiger partial charge in [0.15, 0.2) is 9.84 Å². The fourth-order valence-electron chi connectivity index (χ4n) is 3.58. The van der Waals surface area contributed by atoms with Crippen LogP contribution in [-0.4, -0.2) is 45.2 Å². The maximum absolute atomic E-state index is 12.6. The zero-order valence-electron chi connectivity index (χ0n) is 12.6. The van der Waals surface area contributed by atoms with Crippen molar-refractivity contribution in [1.29, 1.82) is 0 Å². The van der Waals surface area contributed by atoms with Crippen molar-refractivity contribution in [2.24, 2.45) is 5.92 Å². The summed E-state index contributed by atoms with van der Waals surface area (Å²) in [6.07, 6.45) is 7.52. The van der Waals surface area contributed by atoms with Crippen molar-refractivity contribution in [3.63, 3.8) is 0 Å². The third-order valence-electron chi connectivity index (χ3n) is 4.77. The predicted molar refractivity (Wildman–Crippen MR) is 81.7 cm³/mol. The van der Waals surface area contributed by atoms with Gasteiger partial charge in [-0.2, -0.15) is 0 Å². The zero-order chi connectivity index (χ0) is 14.4. The van der Waals surface area contributed by atoms with E-state index in [9.17, 15) is 8.42 Å². The van der Waals surface area contributed by atoms with Gasteiger partial charge in [0.2, 0.25) is 0 Å². The van der Waals surface area contributed by atoms with E-state index in [4.69, 9.17) is 4.74 Å². The summed E-state index contributed by atoms with van der Waals surface area (Å²) in [5.41, 5.74) is 0. The lowest BCUT2D eigenvalue weighted by molar-refractivity contribution is 0.0982. The van der Waals surface area contributed by atoms with Gasteiger partial charge in [-0.1, -0.05) is 26.2 Å². The molecule has 20 heavy (non-hydrogen) atoms. The van der Waals surface area contributed by atoms with E-state index in [2.05, 4.69) is 12.2 Å². The zero-order valence-corrected chi connectivity index (χ0v) is 13.5. The highest BCUT2D eigenvalue weighted by molar-refractivity contribution is 7.92.